The maximum Gasteiger partial charge on any atom is 0.176 e. The van der Waals surface area contributed by atoms with Crippen molar-refractivity contribution >= 4 is 9.04 Å². The summed E-state index contributed by atoms with van der Waals surface area (Å²) in [6.07, 6.45) is 13.6. The summed E-state index contributed by atoms with van der Waals surface area (Å²) in [4.78, 5) is 0. The van der Waals surface area contributed by atoms with Crippen molar-refractivity contribution in [2.24, 2.45) is 11.3 Å². The van der Waals surface area contributed by atoms with Crippen molar-refractivity contribution in [1.29, 1.82) is 0 Å². The summed E-state index contributed by atoms with van der Waals surface area (Å²) in [6, 6.07) is 2.89. The summed E-state index contributed by atoms with van der Waals surface area (Å²) >= 11 is 0. The molecule has 0 N–H and O–H groups in total. The second-order valence-electron chi connectivity index (χ2n) is 5.75. The van der Waals surface area contributed by atoms with Gasteiger partial charge in [-0.2, -0.15) is 0 Å². The average molecular weight is 222 g/mol. The van der Waals surface area contributed by atoms with Gasteiger partial charge in [0.2, 0.25) is 0 Å². The fourth-order valence-corrected chi connectivity index (χ4v) is 6.41. The Labute approximate surface area is 94.6 Å². The van der Waals surface area contributed by atoms with Gasteiger partial charge in [-0.3, -0.25) is 0 Å². The van der Waals surface area contributed by atoms with Crippen molar-refractivity contribution in [3.63, 3.8) is 0 Å². The van der Waals surface area contributed by atoms with Gasteiger partial charge in [-0.15, -0.1) is 0 Å². The highest BCUT2D eigenvalue weighted by Gasteiger charge is 2.40. The highest BCUT2D eigenvalue weighted by atomic mass is 28.3. The van der Waals surface area contributed by atoms with E-state index in [0.29, 0.717) is 5.41 Å². The Bertz CT molecular complexity index is 257. The third kappa shape index (κ3) is 2.07. The molecule has 0 radical (unpaired) electrons. The van der Waals surface area contributed by atoms with Crippen molar-refractivity contribution in [3.8, 4) is 0 Å². The molecule has 2 fully saturated rings. The molecule has 84 valence electrons. The zero-order valence-corrected chi connectivity index (χ0v) is 10.7. The highest BCUT2D eigenvalue weighted by molar-refractivity contribution is 6.51. The quantitative estimate of drug-likeness (QED) is 0.526. The van der Waals surface area contributed by atoms with Crippen LogP contribution in [0.4, 0.5) is 0 Å². The minimum atomic E-state index is -0.755. The van der Waals surface area contributed by atoms with Gasteiger partial charge in [-0.25, -0.2) is 0 Å². The molecule has 3 unspecified atom stereocenters. The molecule has 3 aliphatic rings. The fraction of sp³-hybridized carbons (Fsp3) is 0.846. The van der Waals surface area contributed by atoms with Gasteiger partial charge in [0.05, 0.1) is 0 Å². The van der Waals surface area contributed by atoms with Crippen LogP contribution in [0, 0.1) is 11.3 Å². The van der Waals surface area contributed by atoms with E-state index in [0.717, 1.165) is 12.5 Å². The number of fused-ring (bicyclic) bond motifs is 2. The van der Waals surface area contributed by atoms with Crippen LogP contribution in [0.1, 0.15) is 38.5 Å². The van der Waals surface area contributed by atoms with Crippen LogP contribution < -0.4 is 0 Å². The van der Waals surface area contributed by atoms with Crippen LogP contribution >= 0.6 is 0 Å². The van der Waals surface area contributed by atoms with Crippen LogP contribution in [-0.2, 0) is 4.43 Å². The van der Waals surface area contributed by atoms with Crippen LogP contribution in [-0.4, -0.2) is 15.6 Å². The molecular weight excluding hydrogens is 200 g/mol. The fourth-order valence-electron chi connectivity index (χ4n) is 3.65. The van der Waals surface area contributed by atoms with Gasteiger partial charge in [0.1, 0.15) is 0 Å². The van der Waals surface area contributed by atoms with E-state index in [1.165, 1.54) is 50.6 Å². The lowest BCUT2D eigenvalue weighted by Gasteiger charge is -2.27. The summed E-state index contributed by atoms with van der Waals surface area (Å²) < 4.78 is 5.96. The maximum atomic E-state index is 5.96. The molecule has 3 rings (SSSR count). The second-order valence-corrected chi connectivity index (χ2v) is 8.48. The summed E-state index contributed by atoms with van der Waals surface area (Å²) in [7, 11) is -0.755. The lowest BCUT2D eigenvalue weighted by atomic mass is 9.85. The zero-order valence-electron chi connectivity index (χ0n) is 9.58. The van der Waals surface area contributed by atoms with E-state index >= 15 is 0 Å². The lowest BCUT2D eigenvalue weighted by Crippen LogP contribution is -2.25. The normalized spacial score (nSPS) is 43.7. The van der Waals surface area contributed by atoms with Crippen LogP contribution in [0.25, 0.3) is 0 Å². The summed E-state index contributed by atoms with van der Waals surface area (Å²) in [5.41, 5.74) is 0.637. The lowest BCUT2D eigenvalue weighted by molar-refractivity contribution is 0.279. The minimum Gasteiger partial charge on any atom is -0.420 e. The molecule has 0 aromatic carbocycles. The summed E-state index contributed by atoms with van der Waals surface area (Å²) in [5.74, 6) is 0.943. The van der Waals surface area contributed by atoms with Crippen molar-refractivity contribution in [3.05, 3.63) is 12.2 Å². The van der Waals surface area contributed by atoms with Crippen molar-refractivity contribution < 1.29 is 4.43 Å². The number of hydrogen-bond donors (Lipinski definition) is 0. The summed E-state index contributed by atoms with van der Waals surface area (Å²) in [5, 5.41) is 0. The second kappa shape index (κ2) is 4.06. The van der Waals surface area contributed by atoms with Crippen LogP contribution in [0.2, 0.25) is 12.1 Å². The smallest absolute Gasteiger partial charge is 0.176 e. The molecule has 1 aliphatic heterocycles. The predicted octanol–water partition coefficient (Wildman–Crippen LogP) is 3.27. The van der Waals surface area contributed by atoms with E-state index in [4.69, 9.17) is 4.43 Å². The molecule has 15 heavy (non-hydrogen) atoms. The van der Waals surface area contributed by atoms with E-state index in [9.17, 15) is 0 Å². The first-order valence-corrected chi connectivity index (χ1v) is 8.78. The van der Waals surface area contributed by atoms with Crippen LogP contribution in [0.5, 0.6) is 0 Å². The van der Waals surface area contributed by atoms with Gasteiger partial charge in [0.15, 0.2) is 9.04 Å². The molecule has 2 aliphatic carbocycles. The van der Waals surface area contributed by atoms with Crippen molar-refractivity contribution in [1.82, 2.24) is 0 Å². The first-order valence-electron chi connectivity index (χ1n) is 6.67. The van der Waals surface area contributed by atoms with E-state index in [1.807, 2.05) is 0 Å². The van der Waals surface area contributed by atoms with Gasteiger partial charge in [-0.1, -0.05) is 18.6 Å². The van der Waals surface area contributed by atoms with E-state index in [-0.39, 0.29) is 0 Å². The number of rotatable bonds is 3. The Morgan fingerprint density at radius 2 is 2.40 bits per heavy atom. The molecule has 3 atom stereocenters. The summed E-state index contributed by atoms with van der Waals surface area (Å²) in [6.45, 7) is 1.07. The van der Waals surface area contributed by atoms with Gasteiger partial charge in [0, 0.05) is 6.61 Å². The third-order valence-corrected chi connectivity index (χ3v) is 7.33. The standard InChI is InChI=1S/C13H22OSi/c1-2-9-15(14-8-1)10-7-13-5-3-12(11-13)4-6-13/h3,5,12,15H,1-2,4,6-11H2. The van der Waals surface area contributed by atoms with Crippen LogP contribution in [0.3, 0.4) is 0 Å². The van der Waals surface area contributed by atoms with Crippen molar-refractivity contribution in [2.75, 3.05) is 6.61 Å². The van der Waals surface area contributed by atoms with E-state index < -0.39 is 9.04 Å². The molecule has 2 bridgehead atoms. The zero-order chi connectivity index (χ0) is 10.1. The van der Waals surface area contributed by atoms with Gasteiger partial charge < -0.3 is 4.43 Å². The molecule has 1 heterocycles. The Morgan fingerprint density at radius 3 is 3.00 bits per heavy atom. The Hall–Kier alpha value is -0.0831. The Kier molecular flexibility index (Phi) is 2.73. The molecular formula is C13H22OSi. The molecule has 1 nitrogen and oxygen atoms in total. The van der Waals surface area contributed by atoms with Gasteiger partial charge in [-0.05, 0) is 55.5 Å². The third-order valence-electron chi connectivity index (χ3n) is 4.64. The monoisotopic (exact) mass is 222 g/mol. The first kappa shape index (κ1) is 10.1. The Balaban J connectivity index is 1.51. The number of allylic oxidation sites excluding steroid dienone is 2. The molecule has 0 spiro atoms. The average Bonchev–Trinajstić information content (AvgIpc) is 2.89. The highest BCUT2D eigenvalue weighted by Crippen LogP contribution is 2.52. The topological polar surface area (TPSA) is 9.23 Å². The van der Waals surface area contributed by atoms with Crippen LogP contribution in [0.15, 0.2) is 12.2 Å². The first-order chi connectivity index (χ1) is 7.36. The van der Waals surface area contributed by atoms with Gasteiger partial charge in [0.25, 0.3) is 0 Å². The van der Waals surface area contributed by atoms with Crippen molar-refractivity contribution in [2.45, 2.75) is 50.6 Å². The van der Waals surface area contributed by atoms with E-state index in [2.05, 4.69) is 12.2 Å². The SMILES string of the molecule is C1=CC2(CC[SiH]3CCCCO3)CCC1C2. The molecule has 0 aromatic heterocycles. The van der Waals surface area contributed by atoms with E-state index in [1.54, 1.807) is 0 Å². The predicted molar refractivity (Wildman–Crippen MR) is 65.5 cm³/mol. The molecule has 1 saturated heterocycles. The number of hydrogen-bond acceptors (Lipinski definition) is 1. The molecule has 2 heteroatoms. The van der Waals surface area contributed by atoms with Gasteiger partial charge >= 0.3 is 0 Å². The minimum absolute atomic E-state index is 0.637. The Morgan fingerprint density at radius 1 is 1.40 bits per heavy atom. The molecule has 1 saturated carbocycles. The largest absolute Gasteiger partial charge is 0.420 e. The molecule has 0 amide bonds. The molecule has 0 aromatic rings. The maximum absolute atomic E-state index is 5.96.